The maximum atomic E-state index is 14.7. The number of cyclic esters (lactones) is 1. The van der Waals surface area contributed by atoms with E-state index in [2.05, 4.69) is 10.3 Å². The van der Waals surface area contributed by atoms with Crippen molar-refractivity contribution in [1.29, 1.82) is 0 Å². The van der Waals surface area contributed by atoms with E-state index in [0.29, 0.717) is 4.57 Å². The van der Waals surface area contributed by atoms with Crippen molar-refractivity contribution in [3.05, 3.63) is 23.6 Å². The summed E-state index contributed by atoms with van der Waals surface area (Å²) in [6.07, 6.45) is -6.60. The fourth-order valence-electron chi connectivity index (χ4n) is 2.85. The second kappa shape index (κ2) is 7.17. The van der Waals surface area contributed by atoms with Crippen LogP contribution in [0.3, 0.4) is 0 Å². The zero-order valence-electron chi connectivity index (χ0n) is 14.8. The van der Waals surface area contributed by atoms with E-state index in [1.54, 1.807) is 6.92 Å². The van der Waals surface area contributed by atoms with Crippen LogP contribution in [0.15, 0.2) is 21.5 Å². The van der Waals surface area contributed by atoms with Crippen LogP contribution in [0.5, 0.6) is 0 Å². The Morgan fingerprint density at radius 2 is 2.11 bits per heavy atom. The Hall–Kier alpha value is -3.05. The van der Waals surface area contributed by atoms with Crippen LogP contribution in [0, 0.1) is 5.82 Å². The van der Waals surface area contributed by atoms with Crippen molar-refractivity contribution in [1.82, 2.24) is 9.88 Å². The summed E-state index contributed by atoms with van der Waals surface area (Å²) in [5.74, 6) is -1.57. The Bertz CT molecular complexity index is 995. The highest BCUT2D eigenvalue weighted by molar-refractivity contribution is 5.96. The molecule has 2 aromatic rings. The van der Waals surface area contributed by atoms with E-state index in [1.165, 1.54) is 13.1 Å². The fraction of sp³-hybridized carbons (Fsp3) is 0.438. The number of fused-ring (bicyclic) bond motifs is 1. The molecule has 3 rings (SSSR count). The number of carbonyl (C=O) groups excluding carboxylic acids is 2. The van der Waals surface area contributed by atoms with E-state index in [0.717, 1.165) is 11.0 Å². The van der Waals surface area contributed by atoms with Crippen molar-refractivity contribution in [3.8, 4) is 0 Å². The molecule has 1 aromatic carbocycles. The molecular formula is C16H16F4N4O4. The van der Waals surface area contributed by atoms with Crippen molar-refractivity contribution < 1.29 is 36.3 Å². The zero-order chi connectivity index (χ0) is 20.6. The summed E-state index contributed by atoms with van der Waals surface area (Å²) >= 11 is 0. The van der Waals surface area contributed by atoms with E-state index in [-0.39, 0.29) is 24.4 Å². The molecule has 12 heteroatoms. The molecule has 152 valence electrons. The number of nitrogens with one attached hydrogen (secondary N) is 1. The lowest BCUT2D eigenvalue weighted by molar-refractivity contribution is -0.141. The van der Waals surface area contributed by atoms with Crippen LogP contribution < -0.4 is 15.9 Å². The number of hydrogen-bond acceptors (Lipinski definition) is 5. The van der Waals surface area contributed by atoms with Gasteiger partial charge in [0.15, 0.2) is 17.5 Å². The van der Waals surface area contributed by atoms with E-state index >= 15 is 0 Å². The largest absolute Gasteiger partial charge is 0.434 e. The number of ether oxygens (including phenoxy) is 1. The molecular weight excluding hydrogens is 388 g/mol. The third kappa shape index (κ3) is 3.66. The molecule has 1 aromatic heterocycles. The molecule has 0 spiro atoms. The number of nitrogens with zero attached hydrogens (tertiary/aromatic N) is 3. The molecule has 2 amide bonds. The number of aromatic nitrogens is 1. The van der Waals surface area contributed by atoms with Crippen LogP contribution in [-0.4, -0.2) is 49.0 Å². The van der Waals surface area contributed by atoms with Gasteiger partial charge in [-0.2, -0.15) is 13.2 Å². The van der Waals surface area contributed by atoms with Crippen molar-refractivity contribution in [3.63, 3.8) is 0 Å². The van der Waals surface area contributed by atoms with Crippen LogP contribution >= 0.6 is 0 Å². The van der Waals surface area contributed by atoms with Gasteiger partial charge in [0, 0.05) is 25.7 Å². The first-order valence-corrected chi connectivity index (χ1v) is 8.24. The molecule has 8 nitrogen and oxygen atoms in total. The molecule has 0 unspecified atom stereocenters. The number of anilines is 1. The monoisotopic (exact) mass is 404 g/mol. The zero-order valence-corrected chi connectivity index (χ0v) is 14.8. The molecule has 1 atom stereocenters. The van der Waals surface area contributed by atoms with Gasteiger partial charge in [0.2, 0.25) is 0 Å². The second-order valence-corrected chi connectivity index (χ2v) is 5.93. The maximum Gasteiger partial charge on any atom is 0.415 e. The highest BCUT2D eigenvalue weighted by atomic mass is 19.4. The van der Waals surface area contributed by atoms with Crippen molar-refractivity contribution in [2.75, 3.05) is 25.0 Å². The van der Waals surface area contributed by atoms with E-state index in [1.807, 2.05) is 0 Å². The third-order valence-corrected chi connectivity index (χ3v) is 4.01. The number of amides is 2. The molecule has 0 aliphatic carbocycles. The molecule has 1 aliphatic rings. The summed E-state index contributed by atoms with van der Waals surface area (Å²) in [5, 5.41) is 2.33. The van der Waals surface area contributed by atoms with E-state index < -0.39 is 47.8 Å². The average Bonchev–Trinajstić information content (AvgIpc) is 3.14. The lowest BCUT2D eigenvalue weighted by atomic mass is 10.2. The van der Waals surface area contributed by atoms with Gasteiger partial charge in [0.25, 0.3) is 11.6 Å². The third-order valence-electron chi connectivity index (χ3n) is 4.01. The minimum atomic E-state index is -4.62. The Morgan fingerprint density at radius 1 is 1.39 bits per heavy atom. The van der Waals surface area contributed by atoms with Crippen LogP contribution in [0.2, 0.25) is 0 Å². The fourth-order valence-corrected chi connectivity index (χ4v) is 2.85. The van der Waals surface area contributed by atoms with Crippen LogP contribution in [0.1, 0.15) is 6.92 Å². The summed E-state index contributed by atoms with van der Waals surface area (Å²) < 4.78 is 64.2. The van der Waals surface area contributed by atoms with Gasteiger partial charge < -0.3 is 14.5 Å². The number of oxazole rings is 1. The van der Waals surface area contributed by atoms with Crippen molar-refractivity contribution in [2.45, 2.75) is 25.7 Å². The van der Waals surface area contributed by atoms with Gasteiger partial charge in [-0.3, -0.25) is 14.3 Å². The van der Waals surface area contributed by atoms with Crippen molar-refractivity contribution in [2.24, 2.45) is 4.99 Å². The predicted molar refractivity (Wildman–Crippen MR) is 88.0 cm³/mol. The Kier molecular flexibility index (Phi) is 5.04. The number of carbonyl (C=O) groups is 2. The normalized spacial score (nSPS) is 18.1. The molecule has 0 saturated carbocycles. The van der Waals surface area contributed by atoms with E-state index in [4.69, 9.17) is 9.15 Å². The van der Waals surface area contributed by atoms with Crippen molar-refractivity contribution >= 4 is 28.8 Å². The van der Waals surface area contributed by atoms with Gasteiger partial charge >= 0.3 is 12.3 Å². The Labute approximate surface area is 155 Å². The highest BCUT2D eigenvalue weighted by Gasteiger charge is 2.37. The number of rotatable bonds is 4. The number of halogens is 4. The topological polar surface area (TPSA) is 89.1 Å². The molecule has 2 heterocycles. The van der Waals surface area contributed by atoms with Gasteiger partial charge in [-0.1, -0.05) is 0 Å². The quantitative estimate of drug-likeness (QED) is 0.789. The summed E-state index contributed by atoms with van der Waals surface area (Å²) in [4.78, 5) is 28.5. The average molecular weight is 404 g/mol. The number of alkyl halides is 3. The first-order chi connectivity index (χ1) is 13.1. The number of likely N-dealkylation sites (N-methyl/N-ethyl adjacent to an activating group) is 1. The van der Waals surface area contributed by atoms with Crippen LogP contribution in [0.25, 0.3) is 11.1 Å². The first-order valence-electron chi connectivity index (χ1n) is 8.24. The molecule has 0 bridgehead atoms. The molecule has 1 N–H and O–H groups in total. The highest BCUT2D eigenvalue weighted by Crippen LogP contribution is 2.29. The van der Waals surface area contributed by atoms with Gasteiger partial charge in [0.05, 0.1) is 12.2 Å². The van der Waals surface area contributed by atoms with Gasteiger partial charge in [-0.05, 0) is 6.92 Å². The standard InChI is InChI=1S/C16H16F4N4O4/c1-3-22-14-24(7-16(18,19)20)12-9(17)4-8(5-10(12)27-14)23-6-11(13(25)21-2)28-15(23)26/h4-5,11H,3,6-7H2,1-2H3,(H,21,25)/b22-14+/t11-/m1/s1. The van der Waals surface area contributed by atoms with Crippen LogP contribution in [0.4, 0.5) is 28.0 Å². The Morgan fingerprint density at radius 3 is 2.71 bits per heavy atom. The predicted octanol–water partition coefficient (Wildman–Crippen LogP) is 1.93. The summed E-state index contributed by atoms with van der Waals surface area (Å²) in [6.45, 7) is 0.0446. The second-order valence-electron chi connectivity index (χ2n) is 5.93. The smallest absolute Gasteiger partial charge is 0.415 e. The Balaban J connectivity index is 2.08. The summed E-state index contributed by atoms with van der Waals surface area (Å²) in [7, 11) is 1.37. The summed E-state index contributed by atoms with van der Waals surface area (Å²) in [6, 6.07) is 2.08. The minimum Gasteiger partial charge on any atom is -0.434 e. The lowest BCUT2D eigenvalue weighted by Crippen LogP contribution is -2.35. The number of benzene rings is 1. The molecule has 1 aliphatic heterocycles. The minimum absolute atomic E-state index is 0.0163. The van der Waals surface area contributed by atoms with E-state index in [9.17, 15) is 27.2 Å². The van der Waals surface area contributed by atoms with Gasteiger partial charge in [-0.25, -0.2) is 14.2 Å². The maximum absolute atomic E-state index is 14.7. The molecule has 28 heavy (non-hydrogen) atoms. The number of hydrogen-bond donors (Lipinski definition) is 1. The van der Waals surface area contributed by atoms with Gasteiger partial charge in [0.1, 0.15) is 12.1 Å². The lowest BCUT2D eigenvalue weighted by Gasteiger charge is -2.13. The molecule has 1 saturated heterocycles. The summed E-state index contributed by atoms with van der Waals surface area (Å²) in [5.41, 5.74) is -1.05. The van der Waals surface area contributed by atoms with Gasteiger partial charge in [-0.15, -0.1) is 0 Å². The molecule has 0 radical (unpaired) electrons. The van der Waals surface area contributed by atoms with Crippen LogP contribution in [-0.2, 0) is 16.1 Å². The molecule has 1 fully saturated rings. The SMILES string of the molecule is CC/N=c1/oc2cc(N3C[C@H](C(=O)NC)OC3=O)cc(F)c2n1CC(F)(F)F. The first kappa shape index (κ1) is 19.7.